The summed E-state index contributed by atoms with van der Waals surface area (Å²) in [6.45, 7) is 0.723. The lowest BCUT2D eigenvalue weighted by molar-refractivity contribution is -0.137. The molecule has 0 amide bonds. The summed E-state index contributed by atoms with van der Waals surface area (Å²) in [6.07, 6.45) is -3.73. The largest absolute Gasteiger partial charge is 0.416 e. The molecule has 1 fully saturated rings. The fourth-order valence-electron chi connectivity index (χ4n) is 1.54. The summed E-state index contributed by atoms with van der Waals surface area (Å²) >= 11 is 0. The van der Waals surface area contributed by atoms with E-state index in [4.69, 9.17) is 0 Å². The van der Waals surface area contributed by atoms with Gasteiger partial charge >= 0.3 is 6.18 Å². The molecular weight excluding hydrogens is 246 g/mol. The van der Waals surface area contributed by atoms with Crippen LogP contribution in [0, 0.1) is 5.82 Å². The number of benzene rings is 1. The first kappa shape index (κ1) is 13.3. The van der Waals surface area contributed by atoms with Gasteiger partial charge < -0.3 is 5.32 Å². The Morgan fingerprint density at radius 2 is 1.88 bits per heavy atom. The third-order valence-electron chi connectivity index (χ3n) is 2.52. The second kappa shape index (κ2) is 4.59. The molecule has 2 rings (SSSR count). The van der Waals surface area contributed by atoms with Gasteiger partial charge in [0.15, 0.2) is 0 Å². The van der Waals surface area contributed by atoms with E-state index in [9.17, 15) is 17.6 Å². The van der Waals surface area contributed by atoms with Gasteiger partial charge in [-0.1, -0.05) is 0 Å². The van der Waals surface area contributed by atoms with Crippen molar-refractivity contribution in [2.75, 3.05) is 6.54 Å². The molecule has 6 heteroatoms. The van der Waals surface area contributed by atoms with Gasteiger partial charge in [0.2, 0.25) is 0 Å². The quantitative estimate of drug-likeness (QED) is 0.760. The number of rotatable bonds is 1. The summed E-state index contributed by atoms with van der Waals surface area (Å²) in [5.41, 5.74) is -0.691. The predicted molar refractivity (Wildman–Crippen MR) is 54.0 cm³/mol. The fraction of sp³-hybridized carbons (Fsp3) is 0.400. The van der Waals surface area contributed by atoms with Crippen molar-refractivity contribution in [3.8, 4) is 0 Å². The van der Waals surface area contributed by atoms with E-state index in [1.807, 2.05) is 0 Å². The standard InChI is InChI=1S/C10H9F4N.ClH/c11-8-2-1-6(10(12,13)14)5-7(8)9-3-4-15-9;/h1-2,5,9,15H,3-4H2;1H/t9-;/m0./s1. The average molecular weight is 256 g/mol. The maximum Gasteiger partial charge on any atom is 0.416 e. The van der Waals surface area contributed by atoms with Gasteiger partial charge in [-0.2, -0.15) is 13.2 Å². The summed E-state index contributed by atoms with van der Waals surface area (Å²) in [6, 6.07) is 2.24. The van der Waals surface area contributed by atoms with Gasteiger partial charge in [0.05, 0.1) is 5.56 Å². The Morgan fingerprint density at radius 3 is 2.31 bits per heavy atom. The SMILES string of the molecule is Cl.Fc1ccc(C(F)(F)F)cc1[C@@H]1CCN1. The van der Waals surface area contributed by atoms with E-state index in [0.29, 0.717) is 6.42 Å². The summed E-state index contributed by atoms with van der Waals surface area (Å²) in [4.78, 5) is 0. The molecule has 0 aromatic heterocycles. The van der Waals surface area contributed by atoms with E-state index in [-0.39, 0.29) is 24.0 Å². The molecule has 0 spiro atoms. The van der Waals surface area contributed by atoms with E-state index in [1.165, 1.54) is 0 Å². The highest BCUT2D eigenvalue weighted by atomic mass is 35.5. The van der Waals surface area contributed by atoms with Gasteiger partial charge in [-0.25, -0.2) is 4.39 Å². The molecule has 1 aliphatic heterocycles. The van der Waals surface area contributed by atoms with Gasteiger partial charge in [-0.05, 0) is 31.2 Å². The maximum absolute atomic E-state index is 13.2. The molecule has 0 bridgehead atoms. The molecule has 1 atom stereocenters. The van der Waals surface area contributed by atoms with Crippen LogP contribution in [0.1, 0.15) is 23.6 Å². The third-order valence-corrected chi connectivity index (χ3v) is 2.52. The van der Waals surface area contributed by atoms with Gasteiger partial charge in [-0.3, -0.25) is 0 Å². The minimum absolute atomic E-state index is 0. The van der Waals surface area contributed by atoms with Crippen LogP contribution in [0.4, 0.5) is 17.6 Å². The van der Waals surface area contributed by atoms with Crippen LogP contribution < -0.4 is 5.32 Å². The van der Waals surface area contributed by atoms with Crippen molar-refractivity contribution in [2.45, 2.75) is 18.6 Å². The molecule has 1 aliphatic rings. The van der Waals surface area contributed by atoms with Gasteiger partial charge in [0.1, 0.15) is 5.82 Å². The molecule has 90 valence electrons. The monoisotopic (exact) mass is 255 g/mol. The lowest BCUT2D eigenvalue weighted by atomic mass is 9.96. The molecule has 1 aromatic carbocycles. The van der Waals surface area contributed by atoms with E-state index in [1.54, 1.807) is 0 Å². The second-order valence-electron chi connectivity index (χ2n) is 3.53. The first-order valence-corrected chi connectivity index (χ1v) is 4.58. The average Bonchev–Trinajstić information content (AvgIpc) is 2.03. The van der Waals surface area contributed by atoms with Crippen molar-refractivity contribution in [1.29, 1.82) is 0 Å². The second-order valence-corrected chi connectivity index (χ2v) is 3.53. The molecule has 0 unspecified atom stereocenters. The van der Waals surface area contributed by atoms with E-state index in [2.05, 4.69) is 5.32 Å². The van der Waals surface area contributed by atoms with Crippen LogP contribution in [0.25, 0.3) is 0 Å². The third kappa shape index (κ3) is 2.47. The van der Waals surface area contributed by atoms with Crippen molar-refractivity contribution in [1.82, 2.24) is 5.32 Å². The Kier molecular flexibility index (Phi) is 3.80. The molecule has 0 aliphatic carbocycles. The summed E-state index contributed by atoms with van der Waals surface area (Å²) in [7, 11) is 0. The molecule has 1 aromatic rings. The predicted octanol–water partition coefficient (Wildman–Crippen LogP) is 3.30. The van der Waals surface area contributed by atoms with Crippen LogP contribution in [0.2, 0.25) is 0 Å². The van der Waals surface area contributed by atoms with Crippen molar-refractivity contribution in [2.24, 2.45) is 0 Å². The molecule has 16 heavy (non-hydrogen) atoms. The first-order chi connectivity index (χ1) is 6.98. The molecule has 1 saturated heterocycles. The highest BCUT2D eigenvalue weighted by molar-refractivity contribution is 5.85. The van der Waals surface area contributed by atoms with Gasteiger partial charge in [-0.15, -0.1) is 12.4 Å². The normalized spacial score (nSPS) is 19.9. The maximum atomic E-state index is 13.2. The zero-order chi connectivity index (χ0) is 11.1. The van der Waals surface area contributed by atoms with Crippen LogP contribution in [-0.4, -0.2) is 6.54 Å². The minimum atomic E-state index is -4.41. The number of nitrogens with one attached hydrogen (secondary N) is 1. The first-order valence-electron chi connectivity index (χ1n) is 4.58. The molecule has 0 radical (unpaired) electrons. The van der Waals surface area contributed by atoms with Crippen molar-refractivity contribution in [3.05, 3.63) is 35.1 Å². The topological polar surface area (TPSA) is 12.0 Å². The summed E-state index contributed by atoms with van der Waals surface area (Å²) < 4.78 is 50.2. The molecule has 1 heterocycles. The molecule has 0 saturated carbocycles. The van der Waals surface area contributed by atoms with E-state index in [0.717, 1.165) is 24.7 Å². The van der Waals surface area contributed by atoms with E-state index >= 15 is 0 Å². The highest BCUT2D eigenvalue weighted by Crippen LogP contribution is 2.33. The summed E-state index contributed by atoms with van der Waals surface area (Å²) in [5, 5.41) is 2.87. The Balaban J connectivity index is 0.00000128. The van der Waals surface area contributed by atoms with Crippen molar-refractivity contribution in [3.63, 3.8) is 0 Å². The van der Waals surface area contributed by atoms with Crippen LogP contribution in [0.3, 0.4) is 0 Å². The van der Waals surface area contributed by atoms with Crippen LogP contribution in [-0.2, 0) is 6.18 Å². The van der Waals surface area contributed by atoms with Crippen molar-refractivity contribution >= 4 is 12.4 Å². The molecule has 1 nitrogen and oxygen atoms in total. The van der Waals surface area contributed by atoms with Gasteiger partial charge in [0, 0.05) is 11.6 Å². The zero-order valence-electron chi connectivity index (χ0n) is 8.14. The highest BCUT2D eigenvalue weighted by Gasteiger charge is 2.32. The van der Waals surface area contributed by atoms with Crippen molar-refractivity contribution < 1.29 is 17.6 Å². The minimum Gasteiger partial charge on any atom is -0.310 e. The summed E-state index contributed by atoms with van der Waals surface area (Å²) in [5.74, 6) is -0.583. The number of hydrogen-bond acceptors (Lipinski definition) is 1. The van der Waals surface area contributed by atoms with Gasteiger partial charge in [0.25, 0.3) is 0 Å². The Hall–Kier alpha value is -0.810. The Labute approximate surface area is 96.3 Å². The zero-order valence-corrected chi connectivity index (χ0v) is 8.96. The van der Waals surface area contributed by atoms with Crippen LogP contribution in [0.5, 0.6) is 0 Å². The Morgan fingerprint density at radius 1 is 1.25 bits per heavy atom. The lowest BCUT2D eigenvalue weighted by Gasteiger charge is -2.28. The molecular formula is C10H10ClF4N. The smallest absolute Gasteiger partial charge is 0.310 e. The van der Waals surface area contributed by atoms with Crippen LogP contribution >= 0.6 is 12.4 Å². The fourth-order valence-corrected chi connectivity index (χ4v) is 1.54. The number of hydrogen-bond donors (Lipinski definition) is 1. The van der Waals surface area contributed by atoms with E-state index < -0.39 is 17.6 Å². The number of alkyl halides is 3. The lowest BCUT2D eigenvalue weighted by Crippen LogP contribution is -2.35. The number of halogens is 5. The molecule has 1 N–H and O–H groups in total. The van der Waals surface area contributed by atoms with Crippen LogP contribution in [0.15, 0.2) is 18.2 Å². The Bertz CT molecular complexity index is 374.